The lowest BCUT2D eigenvalue weighted by Crippen LogP contribution is -2.20. The first-order valence-electron chi connectivity index (χ1n) is 5.91. The molecule has 0 aliphatic rings. The van der Waals surface area contributed by atoms with Crippen molar-refractivity contribution in [3.05, 3.63) is 30.3 Å². The van der Waals surface area contributed by atoms with Crippen molar-refractivity contribution in [3.63, 3.8) is 0 Å². The summed E-state index contributed by atoms with van der Waals surface area (Å²) >= 11 is 0. The molecule has 0 spiro atoms. The molecule has 2 nitrogen and oxygen atoms in total. The summed E-state index contributed by atoms with van der Waals surface area (Å²) in [4.78, 5) is 0.456. The Bertz CT molecular complexity index is 395. The molecular formula is C13H20O2S. The molecule has 0 radical (unpaired) electrons. The SMILES string of the molecule is CCCCC(CC)S(=O)(=O)c1ccccc1. The predicted molar refractivity (Wildman–Crippen MR) is 67.2 cm³/mol. The van der Waals surface area contributed by atoms with Crippen LogP contribution in [0.25, 0.3) is 0 Å². The standard InChI is InChI=1S/C13H20O2S/c1-3-5-9-12(4-2)16(14,15)13-10-7-6-8-11-13/h6-8,10-12H,3-5,9H2,1-2H3. The van der Waals surface area contributed by atoms with E-state index in [1.54, 1.807) is 24.3 Å². The monoisotopic (exact) mass is 240 g/mol. The average molecular weight is 240 g/mol. The van der Waals surface area contributed by atoms with Crippen molar-refractivity contribution >= 4 is 9.84 Å². The maximum atomic E-state index is 12.3. The van der Waals surface area contributed by atoms with Crippen molar-refractivity contribution < 1.29 is 8.42 Å². The zero-order chi connectivity index (χ0) is 12.0. The Morgan fingerprint density at radius 3 is 2.25 bits per heavy atom. The normalized spacial score (nSPS) is 13.6. The van der Waals surface area contributed by atoms with Gasteiger partial charge in [-0.15, -0.1) is 0 Å². The van der Waals surface area contributed by atoms with Crippen LogP contribution in [0.15, 0.2) is 35.2 Å². The van der Waals surface area contributed by atoms with Crippen LogP contribution in [0.2, 0.25) is 0 Å². The number of rotatable bonds is 6. The van der Waals surface area contributed by atoms with Gasteiger partial charge in [0.05, 0.1) is 10.1 Å². The summed E-state index contributed by atoms with van der Waals surface area (Å²) in [5.41, 5.74) is 0. The highest BCUT2D eigenvalue weighted by Crippen LogP contribution is 2.22. The molecule has 0 amide bonds. The first-order chi connectivity index (χ1) is 7.62. The molecule has 1 atom stereocenters. The number of hydrogen-bond acceptors (Lipinski definition) is 2. The van der Waals surface area contributed by atoms with E-state index in [0.29, 0.717) is 11.3 Å². The average Bonchev–Trinajstić information content (AvgIpc) is 2.31. The van der Waals surface area contributed by atoms with Gasteiger partial charge in [0.15, 0.2) is 9.84 Å². The lowest BCUT2D eigenvalue weighted by molar-refractivity contribution is 0.558. The summed E-state index contributed by atoms with van der Waals surface area (Å²) in [6.07, 6.45) is 3.48. The Morgan fingerprint density at radius 2 is 1.75 bits per heavy atom. The number of unbranched alkanes of at least 4 members (excludes halogenated alkanes) is 1. The van der Waals surface area contributed by atoms with Crippen LogP contribution >= 0.6 is 0 Å². The third-order valence-electron chi connectivity index (χ3n) is 2.85. The van der Waals surface area contributed by atoms with Crippen LogP contribution in [0.3, 0.4) is 0 Å². The van der Waals surface area contributed by atoms with Crippen LogP contribution in [0.1, 0.15) is 39.5 Å². The Balaban J connectivity index is 2.91. The molecular weight excluding hydrogens is 220 g/mol. The van der Waals surface area contributed by atoms with Gasteiger partial charge in [0, 0.05) is 0 Å². The molecule has 0 heterocycles. The number of sulfone groups is 1. The van der Waals surface area contributed by atoms with E-state index in [9.17, 15) is 8.42 Å². The molecule has 3 heteroatoms. The molecule has 1 aromatic rings. The van der Waals surface area contributed by atoms with Crippen molar-refractivity contribution in [2.45, 2.75) is 49.7 Å². The maximum Gasteiger partial charge on any atom is 0.181 e. The van der Waals surface area contributed by atoms with Crippen molar-refractivity contribution in [1.82, 2.24) is 0 Å². The smallest absolute Gasteiger partial charge is 0.181 e. The Kier molecular flexibility index (Phi) is 5.00. The highest BCUT2D eigenvalue weighted by Gasteiger charge is 2.24. The van der Waals surface area contributed by atoms with E-state index in [1.165, 1.54) is 0 Å². The molecule has 0 aliphatic heterocycles. The fourth-order valence-electron chi connectivity index (χ4n) is 1.81. The summed E-state index contributed by atoms with van der Waals surface area (Å²) in [6, 6.07) is 8.76. The van der Waals surface area contributed by atoms with Gasteiger partial charge in [-0.05, 0) is 25.0 Å². The van der Waals surface area contributed by atoms with Crippen molar-refractivity contribution in [3.8, 4) is 0 Å². The van der Waals surface area contributed by atoms with Gasteiger partial charge in [0.2, 0.25) is 0 Å². The van der Waals surface area contributed by atoms with E-state index in [0.717, 1.165) is 19.3 Å². The first-order valence-corrected chi connectivity index (χ1v) is 7.46. The van der Waals surface area contributed by atoms with E-state index < -0.39 is 9.84 Å². The molecule has 16 heavy (non-hydrogen) atoms. The van der Waals surface area contributed by atoms with Crippen LogP contribution in [-0.2, 0) is 9.84 Å². The quantitative estimate of drug-likeness (QED) is 0.763. The second-order valence-corrected chi connectivity index (χ2v) is 6.26. The van der Waals surface area contributed by atoms with Crippen molar-refractivity contribution in [2.24, 2.45) is 0 Å². The van der Waals surface area contributed by atoms with Crippen LogP contribution in [-0.4, -0.2) is 13.7 Å². The first kappa shape index (κ1) is 13.2. The molecule has 1 unspecified atom stereocenters. The molecule has 1 aromatic carbocycles. The highest BCUT2D eigenvalue weighted by atomic mass is 32.2. The third kappa shape index (κ3) is 3.08. The van der Waals surface area contributed by atoms with Gasteiger partial charge in [0.25, 0.3) is 0 Å². The van der Waals surface area contributed by atoms with Gasteiger partial charge < -0.3 is 0 Å². The summed E-state index contributed by atoms with van der Waals surface area (Å²) in [6.45, 7) is 4.03. The number of hydrogen-bond donors (Lipinski definition) is 0. The molecule has 90 valence electrons. The van der Waals surface area contributed by atoms with E-state index in [4.69, 9.17) is 0 Å². The summed E-state index contributed by atoms with van der Waals surface area (Å²) in [5.74, 6) is 0. The molecule has 0 aromatic heterocycles. The molecule has 0 N–H and O–H groups in total. The van der Waals surface area contributed by atoms with Crippen molar-refractivity contribution in [2.75, 3.05) is 0 Å². The van der Waals surface area contributed by atoms with Gasteiger partial charge in [-0.25, -0.2) is 8.42 Å². The van der Waals surface area contributed by atoms with Crippen LogP contribution in [0.4, 0.5) is 0 Å². The van der Waals surface area contributed by atoms with Gasteiger partial charge in [-0.2, -0.15) is 0 Å². The Hall–Kier alpha value is -0.830. The van der Waals surface area contributed by atoms with Gasteiger partial charge in [-0.3, -0.25) is 0 Å². The van der Waals surface area contributed by atoms with E-state index in [-0.39, 0.29) is 5.25 Å². The van der Waals surface area contributed by atoms with Gasteiger partial charge in [0.1, 0.15) is 0 Å². The molecule has 0 saturated heterocycles. The van der Waals surface area contributed by atoms with E-state index in [2.05, 4.69) is 6.92 Å². The minimum Gasteiger partial charge on any atom is -0.223 e. The lowest BCUT2D eigenvalue weighted by Gasteiger charge is -2.15. The minimum absolute atomic E-state index is 0.227. The third-order valence-corrected chi connectivity index (χ3v) is 5.22. The Labute approximate surface area is 98.6 Å². The van der Waals surface area contributed by atoms with E-state index >= 15 is 0 Å². The highest BCUT2D eigenvalue weighted by molar-refractivity contribution is 7.92. The van der Waals surface area contributed by atoms with Crippen molar-refractivity contribution in [1.29, 1.82) is 0 Å². The largest absolute Gasteiger partial charge is 0.223 e. The second kappa shape index (κ2) is 6.04. The van der Waals surface area contributed by atoms with Gasteiger partial charge >= 0.3 is 0 Å². The van der Waals surface area contributed by atoms with Crippen LogP contribution < -0.4 is 0 Å². The molecule has 0 aliphatic carbocycles. The molecule has 0 fully saturated rings. The molecule has 1 rings (SSSR count). The van der Waals surface area contributed by atoms with Crippen LogP contribution in [0.5, 0.6) is 0 Å². The summed E-state index contributed by atoms with van der Waals surface area (Å²) < 4.78 is 24.5. The lowest BCUT2D eigenvalue weighted by atomic mass is 10.2. The zero-order valence-electron chi connectivity index (χ0n) is 10.0. The Morgan fingerprint density at radius 1 is 1.12 bits per heavy atom. The fraction of sp³-hybridized carbons (Fsp3) is 0.538. The summed E-state index contributed by atoms with van der Waals surface area (Å²) in [5, 5.41) is -0.227. The topological polar surface area (TPSA) is 34.1 Å². The molecule has 0 saturated carbocycles. The minimum atomic E-state index is -3.12. The fourth-order valence-corrected chi connectivity index (χ4v) is 3.65. The maximum absolute atomic E-state index is 12.3. The predicted octanol–water partition coefficient (Wildman–Crippen LogP) is 3.43. The van der Waals surface area contributed by atoms with Gasteiger partial charge in [-0.1, -0.05) is 44.9 Å². The number of benzene rings is 1. The van der Waals surface area contributed by atoms with Crippen LogP contribution in [0, 0.1) is 0 Å². The summed E-state index contributed by atoms with van der Waals surface area (Å²) in [7, 11) is -3.12. The second-order valence-electron chi connectivity index (χ2n) is 4.03. The molecule has 0 bridgehead atoms. The zero-order valence-corrected chi connectivity index (χ0v) is 10.8. The van der Waals surface area contributed by atoms with E-state index in [1.807, 2.05) is 13.0 Å².